The Kier molecular flexibility index (Phi) is 7.65. The van der Waals surface area contributed by atoms with Crippen molar-refractivity contribution in [3.8, 4) is 0 Å². The third kappa shape index (κ3) is 5.71. The van der Waals surface area contributed by atoms with Crippen molar-refractivity contribution in [2.24, 2.45) is 11.8 Å². The molecule has 0 heterocycles. The van der Waals surface area contributed by atoms with Gasteiger partial charge in [-0.15, -0.1) is 0 Å². The fourth-order valence-corrected chi connectivity index (χ4v) is 4.84. The topological polar surface area (TPSA) is 89.9 Å². The summed E-state index contributed by atoms with van der Waals surface area (Å²) in [6.45, 7) is 3.39. The first-order valence-corrected chi connectivity index (χ1v) is 12.0. The van der Waals surface area contributed by atoms with E-state index in [0.717, 1.165) is 16.7 Å². The molecule has 0 radical (unpaired) electrons. The van der Waals surface area contributed by atoms with Crippen molar-refractivity contribution in [1.29, 1.82) is 0 Å². The number of hydrogen-bond donors (Lipinski definition) is 1. The molecule has 1 saturated carbocycles. The maximum Gasteiger partial charge on any atom is 0.317 e. The Bertz CT molecular complexity index is 1200. The lowest BCUT2D eigenvalue weighted by molar-refractivity contribution is -0.174. The van der Waals surface area contributed by atoms with E-state index in [2.05, 4.69) is 0 Å². The number of rotatable bonds is 7. The molecule has 36 heavy (non-hydrogen) atoms. The molecule has 1 fully saturated rings. The summed E-state index contributed by atoms with van der Waals surface area (Å²) in [6.07, 6.45) is -0.356. The summed E-state index contributed by atoms with van der Waals surface area (Å²) >= 11 is 0. The first kappa shape index (κ1) is 25.3. The highest BCUT2D eigenvalue weighted by Crippen LogP contribution is 2.47. The number of hydrogen-bond acceptors (Lipinski definition) is 6. The molecule has 0 bridgehead atoms. The zero-order valence-electron chi connectivity index (χ0n) is 20.4. The Morgan fingerprint density at radius 3 is 1.86 bits per heavy atom. The van der Waals surface area contributed by atoms with Gasteiger partial charge in [0.2, 0.25) is 0 Å². The molecule has 186 valence electrons. The molecule has 4 atom stereocenters. The molecule has 0 spiro atoms. The van der Waals surface area contributed by atoms with Crippen LogP contribution in [0.3, 0.4) is 0 Å². The maximum absolute atomic E-state index is 13.4. The van der Waals surface area contributed by atoms with Crippen LogP contribution in [-0.4, -0.2) is 28.4 Å². The number of ether oxygens (including phenoxy) is 2. The van der Waals surface area contributed by atoms with E-state index >= 15 is 0 Å². The molecule has 0 aliphatic heterocycles. The molecule has 0 unspecified atom stereocenters. The molecule has 1 aliphatic rings. The number of Topliss-reactive ketones (excluding diaryl/α,β-unsaturated/α-hetero) is 1. The Labute approximate surface area is 210 Å². The largest absolute Gasteiger partial charge is 0.461 e. The van der Waals surface area contributed by atoms with Crippen molar-refractivity contribution < 1.29 is 29.0 Å². The molecule has 6 nitrogen and oxygen atoms in total. The lowest BCUT2D eigenvalue weighted by Crippen LogP contribution is -2.55. The summed E-state index contributed by atoms with van der Waals surface area (Å²) in [6, 6.07) is 25.6. The molecule has 1 N–H and O–H groups in total. The van der Waals surface area contributed by atoms with Gasteiger partial charge in [0.1, 0.15) is 19.1 Å². The average molecular weight is 487 g/mol. The molecule has 0 amide bonds. The van der Waals surface area contributed by atoms with Crippen LogP contribution in [0, 0.1) is 18.8 Å². The Balaban J connectivity index is 1.66. The zero-order chi connectivity index (χ0) is 25.7. The van der Waals surface area contributed by atoms with Gasteiger partial charge in [-0.2, -0.15) is 0 Å². The van der Waals surface area contributed by atoms with Gasteiger partial charge in [0.05, 0.1) is 11.5 Å². The molecule has 6 heteroatoms. The van der Waals surface area contributed by atoms with E-state index in [0.29, 0.717) is 5.56 Å². The average Bonchev–Trinajstić information content (AvgIpc) is 2.86. The van der Waals surface area contributed by atoms with Gasteiger partial charge in [-0.05, 0) is 30.5 Å². The van der Waals surface area contributed by atoms with Crippen LogP contribution in [0.4, 0.5) is 0 Å². The number of benzene rings is 3. The van der Waals surface area contributed by atoms with Crippen LogP contribution in [0.5, 0.6) is 0 Å². The van der Waals surface area contributed by atoms with Crippen molar-refractivity contribution in [2.75, 3.05) is 0 Å². The lowest BCUT2D eigenvalue weighted by atomic mass is 9.61. The Hall–Kier alpha value is -3.77. The smallest absolute Gasteiger partial charge is 0.317 e. The third-order valence-electron chi connectivity index (χ3n) is 6.69. The van der Waals surface area contributed by atoms with Crippen LogP contribution in [0.1, 0.15) is 41.5 Å². The van der Waals surface area contributed by atoms with E-state index < -0.39 is 41.1 Å². The van der Waals surface area contributed by atoms with Gasteiger partial charge in [0.15, 0.2) is 5.78 Å². The second kappa shape index (κ2) is 10.9. The zero-order valence-corrected chi connectivity index (χ0v) is 20.4. The molecule has 4 rings (SSSR count). The second-order valence-corrected chi connectivity index (χ2v) is 9.58. The highest BCUT2D eigenvalue weighted by atomic mass is 16.5. The summed E-state index contributed by atoms with van der Waals surface area (Å²) in [7, 11) is 0. The van der Waals surface area contributed by atoms with Crippen molar-refractivity contribution in [1.82, 2.24) is 0 Å². The minimum absolute atomic E-state index is 0.00356. The summed E-state index contributed by atoms with van der Waals surface area (Å²) < 4.78 is 11.2. The number of carbonyl (C=O) groups is 3. The van der Waals surface area contributed by atoms with Crippen LogP contribution in [-0.2, 0) is 37.1 Å². The van der Waals surface area contributed by atoms with Gasteiger partial charge >= 0.3 is 11.9 Å². The normalized spacial score (nSPS) is 23.6. The highest BCUT2D eigenvalue weighted by Gasteiger charge is 2.57. The van der Waals surface area contributed by atoms with Gasteiger partial charge in [0.25, 0.3) is 0 Å². The number of ketones is 1. The van der Waals surface area contributed by atoms with Gasteiger partial charge in [-0.25, -0.2) is 0 Å². The summed E-state index contributed by atoms with van der Waals surface area (Å²) in [5.41, 5.74) is 1.46. The minimum atomic E-state index is -1.70. The summed E-state index contributed by atoms with van der Waals surface area (Å²) in [5, 5.41) is 11.3. The molecule has 3 aromatic rings. The molecular formula is C30H30O6. The monoisotopic (exact) mass is 486 g/mol. The van der Waals surface area contributed by atoms with Crippen LogP contribution in [0.25, 0.3) is 0 Å². The molecule has 1 aliphatic carbocycles. The van der Waals surface area contributed by atoms with Gasteiger partial charge < -0.3 is 14.6 Å². The first-order valence-electron chi connectivity index (χ1n) is 12.0. The van der Waals surface area contributed by atoms with E-state index in [9.17, 15) is 19.5 Å². The lowest BCUT2D eigenvalue weighted by Gasteiger charge is -2.43. The molecule has 0 aromatic heterocycles. The highest BCUT2D eigenvalue weighted by molar-refractivity contribution is 6.02. The van der Waals surface area contributed by atoms with Gasteiger partial charge in [-0.1, -0.05) is 90.5 Å². The Morgan fingerprint density at radius 2 is 1.33 bits per heavy atom. The van der Waals surface area contributed by atoms with E-state index in [1.165, 1.54) is 6.92 Å². The molecule has 3 aromatic carbocycles. The fourth-order valence-electron chi connectivity index (χ4n) is 4.84. The number of aliphatic hydroxyl groups is 1. The predicted octanol–water partition coefficient (Wildman–Crippen LogP) is 4.52. The number of esters is 2. The minimum Gasteiger partial charge on any atom is -0.461 e. The van der Waals surface area contributed by atoms with Gasteiger partial charge in [0, 0.05) is 12.3 Å². The van der Waals surface area contributed by atoms with Crippen LogP contribution >= 0.6 is 0 Å². The number of aryl methyl sites for hydroxylation is 1. The fraction of sp³-hybridized carbons (Fsp3) is 0.300. The predicted molar refractivity (Wildman–Crippen MR) is 134 cm³/mol. The number of carbonyl (C=O) groups excluding carboxylic acids is 3. The van der Waals surface area contributed by atoms with Crippen molar-refractivity contribution in [3.05, 3.63) is 107 Å². The van der Waals surface area contributed by atoms with E-state index in [1.807, 2.05) is 79.7 Å². The first-order chi connectivity index (χ1) is 17.3. The second-order valence-electron chi connectivity index (χ2n) is 9.58. The molecular weight excluding hydrogens is 456 g/mol. The van der Waals surface area contributed by atoms with Gasteiger partial charge in [-0.3, -0.25) is 14.4 Å². The van der Waals surface area contributed by atoms with Crippen molar-refractivity contribution in [3.63, 3.8) is 0 Å². The summed E-state index contributed by atoms with van der Waals surface area (Å²) in [4.78, 5) is 40.0. The maximum atomic E-state index is 13.4. The van der Waals surface area contributed by atoms with E-state index in [-0.39, 0.29) is 19.6 Å². The quantitative estimate of drug-likeness (QED) is 0.390. The van der Waals surface area contributed by atoms with Crippen molar-refractivity contribution >= 4 is 17.7 Å². The standard InChI is InChI=1S/C30H30O6/c1-20-13-15-23(16-14-20)25-26(28(32)35-18-21-9-5-3-6-10-21)24(31)17-30(2,34)27(25)29(33)36-19-22-11-7-4-8-12-22/h3-16,25-27,34H,17-19H2,1-2H3/t25-,26-,27-,30+/m1/s1. The van der Waals surface area contributed by atoms with Crippen LogP contribution in [0.15, 0.2) is 84.9 Å². The van der Waals surface area contributed by atoms with Crippen LogP contribution < -0.4 is 0 Å². The molecule has 0 saturated heterocycles. The Morgan fingerprint density at radius 1 is 0.833 bits per heavy atom. The summed E-state index contributed by atoms with van der Waals surface area (Å²) in [5.74, 6) is -5.17. The van der Waals surface area contributed by atoms with Crippen LogP contribution in [0.2, 0.25) is 0 Å². The van der Waals surface area contributed by atoms with E-state index in [1.54, 1.807) is 12.1 Å². The van der Waals surface area contributed by atoms with E-state index in [4.69, 9.17) is 9.47 Å². The third-order valence-corrected chi connectivity index (χ3v) is 6.69. The SMILES string of the molecule is Cc1ccc([C@@H]2[C@H](C(=O)OCc3ccccc3)C(=O)C[C@](C)(O)[C@H]2C(=O)OCc2ccccc2)cc1. The van der Waals surface area contributed by atoms with Crippen molar-refractivity contribution in [2.45, 2.75) is 45.0 Å².